The van der Waals surface area contributed by atoms with E-state index in [0.29, 0.717) is 0 Å². The topological polar surface area (TPSA) is 51.5 Å². The summed E-state index contributed by atoms with van der Waals surface area (Å²) in [5, 5.41) is 6.16. The van der Waals surface area contributed by atoms with Gasteiger partial charge < -0.3 is 14.5 Å². The van der Waals surface area contributed by atoms with Crippen LogP contribution in [-0.2, 0) is 4.79 Å². The molecule has 1 N–H and O–H groups in total. The zero-order valence-corrected chi connectivity index (χ0v) is 17.9. The third kappa shape index (κ3) is 3.35. The summed E-state index contributed by atoms with van der Waals surface area (Å²) in [6.45, 7) is 7.91. The Kier molecular flexibility index (Phi) is 5.08. The van der Waals surface area contributed by atoms with E-state index in [9.17, 15) is 4.79 Å². The van der Waals surface area contributed by atoms with Crippen molar-refractivity contribution >= 4 is 38.9 Å². The van der Waals surface area contributed by atoms with Crippen LogP contribution in [0.2, 0.25) is 0 Å². The first-order valence-electron chi connectivity index (χ1n) is 9.95. The van der Waals surface area contributed by atoms with Gasteiger partial charge in [0.05, 0.1) is 7.11 Å². The van der Waals surface area contributed by atoms with Gasteiger partial charge in [0, 0.05) is 33.7 Å². The molecule has 0 fully saturated rings. The third-order valence-corrected chi connectivity index (χ3v) is 5.67. The molecule has 4 nitrogen and oxygen atoms in total. The van der Waals surface area contributed by atoms with Gasteiger partial charge in [-0.15, -0.1) is 0 Å². The summed E-state index contributed by atoms with van der Waals surface area (Å²) in [4.78, 5) is 12.8. The molecule has 0 bridgehead atoms. The molecule has 4 rings (SSSR count). The number of allylic oxidation sites excluding steroid dienone is 1. The minimum absolute atomic E-state index is 0.177. The Labute approximate surface area is 176 Å². The first-order chi connectivity index (χ1) is 14.4. The molecule has 0 aliphatic heterocycles. The number of hydrogen-bond donors (Lipinski definition) is 1. The van der Waals surface area contributed by atoms with Gasteiger partial charge >= 0.3 is 0 Å². The summed E-state index contributed by atoms with van der Waals surface area (Å²) < 4.78 is 11.6. The van der Waals surface area contributed by atoms with Gasteiger partial charge in [0.2, 0.25) is 5.91 Å². The second-order valence-corrected chi connectivity index (χ2v) is 7.59. The maximum absolute atomic E-state index is 12.8. The lowest BCUT2D eigenvalue weighted by Gasteiger charge is -2.13. The summed E-state index contributed by atoms with van der Waals surface area (Å²) in [5.41, 5.74) is 5.38. The Balaban J connectivity index is 1.73. The molecule has 0 radical (unpaired) electrons. The van der Waals surface area contributed by atoms with Gasteiger partial charge in [0.25, 0.3) is 0 Å². The van der Waals surface area contributed by atoms with Crippen LogP contribution in [0.5, 0.6) is 5.75 Å². The first-order valence-corrected chi connectivity index (χ1v) is 9.95. The number of fused-ring (bicyclic) bond motifs is 2. The number of benzene rings is 3. The number of amides is 1. The van der Waals surface area contributed by atoms with Crippen molar-refractivity contribution < 1.29 is 13.9 Å². The molecular formula is C26H25NO3. The van der Waals surface area contributed by atoms with E-state index in [-0.39, 0.29) is 5.91 Å². The fourth-order valence-corrected chi connectivity index (χ4v) is 3.95. The second kappa shape index (κ2) is 7.71. The van der Waals surface area contributed by atoms with Crippen LogP contribution >= 0.6 is 0 Å². The minimum atomic E-state index is -0.177. The molecule has 0 aliphatic carbocycles. The summed E-state index contributed by atoms with van der Waals surface area (Å²) in [7, 11) is 1.64. The van der Waals surface area contributed by atoms with Gasteiger partial charge in [-0.3, -0.25) is 4.79 Å². The molecule has 3 aromatic carbocycles. The predicted octanol–water partition coefficient (Wildman–Crippen LogP) is 6.56. The standard InChI is InChI=1S/C26H25NO3/c1-15(13-24(28)27-23-12-8-10-19-9-6-7-11-20(19)23)21-14-22-16(2)18(4)30-26(22)17(3)25(21)29-5/h6-14H,1-5H3,(H,27,28)/b15-13+. The zero-order chi connectivity index (χ0) is 21.4. The maximum Gasteiger partial charge on any atom is 0.248 e. The number of nitrogens with one attached hydrogen (secondary N) is 1. The molecule has 1 amide bonds. The van der Waals surface area contributed by atoms with Crippen molar-refractivity contribution in [3.8, 4) is 5.75 Å². The quantitative estimate of drug-likeness (QED) is 0.395. The highest BCUT2D eigenvalue weighted by molar-refractivity contribution is 6.09. The molecular weight excluding hydrogens is 374 g/mol. The van der Waals surface area contributed by atoms with E-state index in [2.05, 4.69) is 5.32 Å². The molecule has 0 saturated carbocycles. The number of carbonyl (C=O) groups is 1. The zero-order valence-electron chi connectivity index (χ0n) is 17.9. The van der Waals surface area contributed by atoms with Crippen LogP contribution in [0.1, 0.15) is 29.4 Å². The van der Waals surface area contributed by atoms with Gasteiger partial charge in [0.15, 0.2) is 0 Å². The third-order valence-electron chi connectivity index (χ3n) is 5.67. The Hall–Kier alpha value is -3.53. The van der Waals surface area contributed by atoms with Crippen molar-refractivity contribution in [2.45, 2.75) is 27.7 Å². The normalized spacial score (nSPS) is 11.8. The largest absolute Gasteiger partial charge is 0.496 e. The molecule has 1 heterocycles. The van der Waals surface area contributed by atoms with E-state index in [0.717, 1.165) is 61.2 Å². The molecule has 0 atom stereocenters. The van der Waals surface area contributed by atoms with Crippen molar-refractivity contribution in [1.82, 2.24) is 0 Å². The van der Waals surface area contributed by atoms with Crippen LogP contribution in [0.15, 0.2) is 59.0 Å². The van der Waals surface area contributed by atoms with Crippen LogP contribution < -0.4 is 10.1 Å². The number of hydrogen-bond acceptors (Lipinski definition) is 3. The Morgan fingerprint density at radius 1 is 1.00 bits per heavy atom. The number of aryl methyl sites for hydroxylation is 3. The molecule has 1 aromatic heterocycles. The van der Waals surface area contributed by atoms with Crippen molar-refractivity contribution in [3.05, 3.63) is 77.1 Å². The van der Waals surface area contributed by atoms with Gasteiger partial charge in [-0.1, -0.05) is 36.4 Å². The van der Waals surface area contributed by atoms with Gasteiger partial charge in [-0.25, -0.2) is 0 Å². The summed E-state index contributed by atoms with van der Waals surface area (Å²) in [6.07, 6.45) is 1.62. The fourth-order valence-electron chi connectivity index (χ4n) is 3.95. The van der Waals surface area contributed by atoms with E-state index >= 15 is 0 Å². The minimum Gasteiger partial charge on any atom is -0.496 e. The van der Waals surface area contributed by atoms with Gasteiger partial charge in [0.1, 0.15) is 17.1 Å². The average Bonchev–Trinajstić information content (AvgIpc) is 3.02. The first kappa shape index (κ1) is 19.8. The molecule has 0 spiro atoms. The van der Waals surface area contributed by atoms with E-state index in [1.165, 1.54) is 0 Å². The highest BCUT2D eigenvalue weighted by atomic mass is 16.5. The number of anilines is 1. The summed E-state index contributed by atoms with van der Waals surface area (Å²) in [6, 6.07) is 15.9. The molecule has 0 saturated heterocycles. The van der Waals surface area contributed by atoms with Crippen LogP contribution in [0.3, 0.4) is 0 Å². The van der Waals surface area contributed by atoms with E-state index in [1.807, 2.05) is 76.2 Å². The summed E-state index contributed by atoms with van der Waals surface area (Å²) >= 11 is 0. The number of furan rings is 1. The molecule has 152 valence electrons. The average molecular weight is 399 g/mol. The van der Waals surface area contributed by atoms with Gasteiger partial charge in [-0.05, 0) is 56.4 Å². The second-order valence-electron chi connectivity index (χ2n) is 7.59. The van der Waals surface area contributed by atoms with Crippen molar-refractivity contribution in [3.63, 3.8) is 0 Å². The highest BCUT2D eigenvalue weighted by Gasteiger charge is 2.18. The Morgan fingerprint density at radius 2 is 1.73 bits per heavy atom. The van der Waals surface area contributed by atoms with Crippen molar-refractivity contribution in [1.29, 1.82) is 0 Å². The highest BCUT2D eigenvalue weighted by Crippen LogP contribution is 2.38. The Bertz CT molecular complexity index is 1310. The van der Waals surface area contributed by atoms with E-state index < -0.39 is 0 Å². The molecule has 4 heteroatoms. The molecule has 4 aromatic rings. The van der Waals surface area contributed by atoms with Crippen LogP contribution in [0.25, 0.3) is 27.3 Å². The van der Waals surface area contributed by atoms with Crippen LogP contribution in [0.4, 0.5) is 5.69 Å². The maximum atomic E-state index is 12.8. The number of ether oxygens (including phenoxy) is 1. The van der Waals surface area contributed by atoms with E-state index in [1.54, 1.807) is 13.2 Å². The lowest BCUT2D eigenvalue weighted by atomic mass is 9.98. The van der Waals surface area contributed by atoms with E-state index in [4.69, 9.17) is 9.15 Å². The van der Waals surface area contributed by atoms with Crippen LogP contribution in [0, 0.1) is 20.8 Å². The molecule has 0 unspecified atom stereocenters. The SMILES string of the molecule is COc1c(/C(C)=C/C(=O)Nc2cccc3ccccc23)cc2c(C)c(C)oc2c1C. The smallest absolute Gasteiger partial charge is 0.248 e. The number of rotatable bonds is 4. The lowest BCUT2D eigenvalue weighted by molar-refractivity contribution is -0.111. The Morgan fingerprint density at radius 3 is 2.50 bits per heavy atom. The number of methoxy groups -OCH3 is 1. The molecule has 30 heavy (non-hydrogen) atoms. The van der Waals surface area contributed by atoms with Crippen molar-refractivity contribution in [2.24, 2.45) is 0 Å². The predicted molar refractivity (Wildman–Crippen MR) is 123 cm³/mol. The van der Waals surface area contributed by atoms with Gasteiger partial charge in [-0.2, -0.15) is 0 Å². The number of carbonyl (C=O) groups excluding carboxylic acids is 1. The molecule has 0 aliphatic rings. The summed E-state index contributed by atoms with van der Waals surface area (Å²) in [5.74, 6) is 1.44. The monoisotopic (exact) mass is 399 g/mol. The van der Waals surface area contributed by atoms with Crippen molar-refractivity contribution in [2.75, 3.05) is 12.4 Å². The lowest BCUT2D eigenvalue weighted by Crippen LogP contribution is -2.09. The fraction of sp³-hybridized carbons (Fsp3) is 0.192. The van der Waals surface area contributed by atoms with Crippen LogP contribution in [-0.4, -0.2) is 13.0 Å².